The second-order valence-electron chi connectivity index (χ2n) is 8.30. The second kappa shape index (κ2) is 12.3. The minimum Gasteiger partial charge on any atom is -0.406 e. The maximum absolute atomic E-state index is 12.4. The highest BCUT2D eigenvalue weighted by Gasteiger charge is 2.31. The average Bonchev–Trinajstić information content (AvgIpc) is 3.20. The molecule has 1 aromatic heterocycles. The fraction of sp³-hybridized carbons (Fsp3) is 0.500. The molecule has 190 valence electrons. The number of nitrogens with two attached hydrogens (primary N) is 1. The van der Waals surface area contributed by atoms with E-state index in [2.05, 4.69) is 25.2 Å². The number of rotatable bonds is 8. The number of aromatic nitrogens is 2. The number of hydrogen-bond donors (Lipinski definition) is 3. The maximum atomic E-state index is 12.4. The lowest BCUT2D eigenvalue weighted by Crippen LogP contribution is -2.19. The summed E-state index contributed by atoms with van der Waals surface area (Å²) in [7, 11) is 1.61. The highest BCUT2D eigenvalue weighted by molar-refractivity contribution is 8.26. The normalized spacial score (nSPS) is 18.8. The monoisotopic (exact) mass is 528 g/mol. The van der Waals surface area contributed by atoms with E-state index < -0.39 is 12.3 Å². The van der Waals surface area contributed by atoms with Gasteiger partial charge in [-0.15, -0.1) is 23.4 Å². The van der Waals surface area contributed by atoms with Crippen molar-refractivity contribution in [3.8, 4) is 5.75 Å². The van der Waals surface area contributed by atoms with Gasteiger partial charge in [-0.05, 0) is 73.4 Å². The summed E-state index contributed by atoms with van der Waals surface area (Å²) in [6.45, 7) is 0. The molecule has 0 spiro atoms. The quantitative estimate of drug-likeness (QED) is 0.327. The van der Waals surface area contributed by atoms with Gasteiger partial charge in [-0.1, -0.05) is 23.5 Å². The predicted octanol–water partition coefficient (Wildman–Crippen LogP) is 5.01. The molecule has 1 aliphatic rings. The van der Waals surface area contributed by atoms with Gasteiger partial charge in [0.2, 0.25) is 11.0 Å². The number of amidine groups is 1. The number of carbonyl (C=O) groups excluding carboxylic acids is 1. The molecule has 0 radical (unpaired) electrons. The van der Waals surface area contributed by atoms with Crippen LogP contribution in [0.4, 0.5) is 18.3 Å². The lowest BCUT2D eigenvalue weighted by molar-refractivity contribution is -0.274. The maximum Gasteiger partial charge on any atom is 0.573 e. The molecule has 1 heterocycles. The van der Waals surface area contributed by atoms with E-state index in [0.717, 1.165) is 37.1 Å². The van der Waals surface area contributed by atoms with Crippen molar-refractivity contribution in [3.63, 3.8) is 0 Å². The molecule has 4 N–H and O–H groups in total. The fourth-order valence-electron chi connectivity index (χ4n) is 3.95. The third-order valence-corrected chi connectivity index (χ3v) is 7.23. The van der Waals surface area contributed by atoms with Crippen LogP contribution in [0.15, 0.2) is 29.3 Å². The fourth-order valence-corrected chi connectivity index (χ4v) is 5.48. The topological polar surface area (TPSA) is 126 Å². The molecule has 0 atom stereocenters. The molecule has 1 amide bonds. The van der Waals surface area contributed by atoms with Crippen molar-refractivity contribution in [1.82, 2.24) is 10.2 Å². The summed E-state index contributed by atoms with van der Waals surface area (Å²) in [5, 5.41) is 21.1. The minimum absolute atomic E-state index is 0.114. The number of carbonyl (C=O) groups is 1. The second-order valence-corrected chi connectivity index (χ2v) is 10.5. The Kier molecular flexibility index (Phi) is 9.49. The van der Waals surface area contributed by atoms with Crippen LogP contribution in [0.2, 0.25) is 0 Å². The largest absolute Gasteiger partial charge is 0.573 e. The predicted molar refractivity (Wildman–Crippen MR) is 132 cm³/mol. The smallest absolute Gasteiger partial charge is 0.406 e. The van der Waals surface area contributed by atoms with E-state index in [0.29, 0.717) is 39.2 Å². The Morgan fingerprint density at radius 1 is 1.29 bits per heavy atom. The third-order valence-electron chi connectivity index (χ3n) is 5.56. The molecular weight excluding hydrogens is 501 g/mol. The number of nitrogens with zero attached hydrogens (tertiary/aromatic N) is 3. The molecule has 3 rings (SSSR count). The molecule has 0 bridgehead atoms. The summed E-state index contributed by atoms with van der Waals surface area (Å²) in [4.78, 5) is 16.2. The van der Waals surface area contributed by atoms with Gasteiger partial charge in [0, 0.05) is 13.5 Å². The summed E-state index contributed by atoms with van der Waals surface area (Å²) < 4.78 is 41.0. The third kappa shape index (κ3) is 9.48. The Labute approximate surface area is 209 Å². The number of alkyl halides is 3. The first-order chi connectivity index (χ1) is 16.6. The van der Waals surface area contributed by atoms with Gasteiger partial charge in [-0.2, -0.15) is 0 Å². The zero-order chi connectivity index (χ0) is 25.4. The first-order valence-corrected chi connectivity index (χ1v) is 12.7. The highest BCUT2D eigenvalue weighted by Crippen LogP contribution is 2.34. The SMILES string of the molecule is CN=C(N)SC(=N)CC1CCC(Cc2nnc(NC(=O)Cc3cccc(OC(F)(F)F)c3)s2)CC1. The molecule has 0 aliphatic heterocycles. The number of halogens is 3. The van der Waals surface area contributed by atoms with Gasteiger partial charge in [-0.3, -0.25) is 15.2 Å². The van der Waals surface area contributed by atoms with Crippen LogP contribution in [-0.4, -0.2) is 39.7 Å². The minimum atomic E-state index is -4.79. The number of aliphatic imine (C=N–C) groups is 1. The van der Waals surface area contributed by atoms with Crippen LogP contribution in [0.3, 0.4) is 0 Å². The Balaban J connectivity index is 1.43. The average molecular weight is 529 g/mol. The summed E-state index contributed by atoms with van der Waals surface area (Å²) in [5.41, 5.74) is 6.07. The van der Waals surface area contributed by atoms with Crippen molar-refractivity contribution in [2.45, 2.75) is 51.3 Å². The van der Waals surface area contributed by atoms with E-state index in [4.69, 9.17) is 11.1 Å². The number of nitrogens with one attached hydrogen (secondary N) is 2. The molecule has 2 aromatic rings. The molecule has 13 heteroatoms. The van der Waals surface area contributed by atoms with Crippen LogP contribution < -0.4 is 15.8 Å². The zero-order valence-electron chi connectivity index (χ0n) is 19.1. The van der Waals surface area contributed by atoms with Crippen molar-refractivity contribution in [2.24, 2.45) is 22.6 Å². The van der Waals surface area contributed by atoms with E-state index in [9.17, 15) is 18.0 Å². The van der Waals surface area contributed by atoms with Crippen LogP contribution in [0.1, 0.15) is 42.7 Å². The molecular formula is C22H27F3N6O2S2. The zero-order valence-corrected chi connectivity index (χ0v) is 20.7. The molecule has 1 saturated carbocycles. The van der Waals surface area contributed by atoms with Crippen LogP contribution >= 0.6 is 23.1 Å². The van der Waals surface area contributed by atoms with Crippen LogP contribution in [0, 0.1) is 17.2 Å². The van der Waals surface area contributed by atoms with Gasteiger partial charge in [0.15, 0.2) is 5.17 Å². The van der Waals surface area contributed by atoms with Gasteiger partial charge in [-0.25, -0.2) is 0 Å². The summed E-state index contributed by atoms with van der Waals surface area (Å²) in [6.07, 6.45) is 0.745. The number of ether oxygens (including phenoxy) is 1. The van der Waals surface area contributed by atoms with Gasteiger partial charge in [0.25, 0.3) is 0 Å². The van der Waals surface area contributed by atoms with E-state index in [-0.39, 0.29) is 12.2 Å². The first-order valence-electron chi connectivity index (χ1n) is 11.0. The summed E-state index contributed by atoms with van der Waals surface area (Å²) in [5.74, 6) is 0.181. The Morgan fingerprint density at radius 2 is 2.00 bits per heavy atom. The van der Waals surface area contributed by atoms with Crippen LogP contribution in [0.25, 0.3) is 0 Å². The summed E-state index contributed by atoms with van der Waals surface area (Å²) in [6, 6.07) is 5.32. The molecule has 0 saturated heterocycles. The lowest BCUT2D eigenvalue weighted by atomic mass is 9.79. The molecule has 1 fully saturated rings. The Bertz CT molecular complexity index is 1050. The van der Waals surface area contributed by atoms with E-state index >= 15 is 0 Å². The molecule has 1 aliphatic carbocycles. The number of benzene rings is 1. The molecule has 8 nitrogen and oxygen atoms in total. The van der Waals surface area contributed by atoms with Crippen LogP contribution in [0.5, 0.6) is 5.75 Å². The highest BCUT2D eigenvalue weighted by atomic mass is 32.2. The standard InChI is InChI=1S/C22H27F3N6O2S2/c1-28-20(27)34-17(26)10-13-5-7-14(8-6-13)12-19-30-31-21(35-19)29-18(32)11-15-3-2-4-16(9-15)33-22(23,24)25/h2-4,9,13-14,26H,5-8,10-12H2,1H3,(H2,27,28)(H,29,31,32). The van der Waals surface area contributed by atoms with Crippen molar-refractivity contribution >= 4 is 44.3 Å². The first kappa shape index (κ1) is 26.9. The van der Waals surface area contributed by atoms with Gasteiger partial charge >= 0.3 is 6.36 Å². The Morgan fingerprint density at radius 3 is 2.69 bits per heavy atom. The van der Waals surface area contributed by atoms with Crippen molar-refractivity contribution in [1.29, 1.82) is 5.41 Å². The van der Waals surface area contributed by atoms with Crippen molar-refractivity contribution < 1.29 is 22.7 Å². The number of thioether (sulfide) groups is 1. The Hall–Kier alpha value is -2.67. The lowest BCUT2D eigenvalue weighted by Gasteiger charge is -2.27. The van der Waals surface area contributed by atoms with Crippen molar-refractivity contribution in [2.75, 3.05) is 12.4 Å². The van der Waals surface area contributed by atoms with Gasteiger partial charge < -0.3 is 15.8 Å². The number of anilines is 1. The van der Waals surface area contributed by atoms with E-state index in [1.807, 2.05) is 0 Å². The number of amides is 1. The summed E-state index contributed by atoms with van der Waals surface area (Å²) >= 11 is 2.52. The van der Waals surface area contributed by atoms with E-state index in [1.165, 1.54) is 41.3 Å². The molecule has 35 heavy (non-hydrogen) atoms. The molecule has 0 unspecified atom stereocenters. The van der Waals surface area contributed by atoms with Gasteiger partial charge in [0.1, 0.15) is 10.8 Å². The van der Waals surface area contributed by atoms with Gasteiger partial charge in [0.05, 0.1) is 11.5 Å². The van der Waals surface area contributed by atoms with Crippen LogP contribution in [-0.2, 0) is 17.6 Å². The molecule has 1 aromatic carbocycles. The van der Waals surface area contributed by atoms with E-state index in [1.54, 1.807) is 13.1 Å². The number of hydrogen-bond acceptors (Lipinski definition) is 8. The van der Waals surface area contributed by atoms with Crippen molar-refractivity contribution in [3.05, 3.63) is 34.8 Å².